The Morgan fingerprint density at radius 1 is 0.400 bits per heavy atom. The van der Waals surface area contributed by atoms with Crippen molar-refractivity contribution in [3.63, 3.8) is 0 Å². The molecular formula is C45H25N5. The Labute approximate surface area is 287 Å². The van der Waals surface area contributed by atoms with Crippen LogP contribution in [-0.4, -0.2) is 9.13 Å². The van der Waals surface area contributed by atoms with E-state index in [1.54, 1.807) is 6.07 Å². The Morgan fingerprint density at radius 2 is 1.00 bits per heavy atom. The topological polar surface area (TPSA) is 81.2 Å². The maximum absolute atomic E-state index is 10.6. The minimum Gasteiger partial charge on any atom is -0.309 e. The molecular weight excluding hydrogens is 611 g/mol. The molecule has 0 N–H and O–H groups in total. The Bertz CT molecular complexity index is 2920. The average Bonchev–Trinajstić information content (AvgIpc) is 3.70. The van der Waals surface area contributed by atoms with Crippen LogP contribution in [0, 0.1) is 34.0 Å². The molecule has 0 aliphatic heterocycles. The Kier molecular flexibility index (Phi) is 6.56. The fraction of sp³-hybridized carbons (Fsp3) is 0. The summed E-state index contributed by atoms with van der Waals surface area (Å²) in [6.45, 7) is 0. The number of fused-ring (bicyclic) bond motifs is 6. The van der Waals surface area contributed by atoms with Gasteiger partial charge in [-0.05, 0) is 77.9 Å². The van der Waals surface area contributed by atoms with Gasteiger partial charge in [0.2, 0.25) is 0 Å². The molecule has 5 heteroatoms. The van der Waals surface area contributed by atoms with Crippen molar-refractivity contribution in [1.29, 1.82) is 15.8 Å². The van der Waals surface area contributed by atoms with Gasteiger partial charge in [0, 0.05) is 38.4 Å². The van der Waals surface area contributed by atoms with E-state index in [1.807, 2.05) is 66.7 Å². The van der Waals surface area contributed by atoms with Gasteiger partial charge in [0.05, 0.1) is 62.7 Å². The van der Waals surface area contributed by atoms with E-state index in [-0.39, 0.29) is 0 Å². The molecule has 0 saturated carbocycles. The molecule has 9 rings (SSSR count). The summed E-state index contributed by atoms with van der Waals surface area (Å²) in [6.07, 6.45) is 0. The van der Waals surface area contributed by atoms with Crippen molar-refractivity contribution in [1.82, 2.24) is 9.13 Å². The van der Waals surface area contributed by atoms with Crippen LogP contribution in [0.4, 0.5) is 0 Å². The molecule has 0 amide bonds. The van der Waals surface area contributed by atoms with E-state index in [0.29, 0.717) is 16.7 Å². The predicted molar refractivity (Wildman–Crippen MR) is 200 cm³/mol. The first kappa shape index (κ1) is 28.8. The predicted octanol–water partition coefficient (Wildman–Crippen LogP) is 10.8. The highest BCUT2D eigenvalue weighted by atomic mass is 15.0. The zero-order chi connectivity index (χ0) is 33.8. The molecule has 2 aromatic heterocycles. The number of hydrogen-bond acceptors (Lipinski definition) is 3. The second-order valence-electron chi connectivity index (χ2n) is 12.3. The van der Waals surface area contributed by atoms with Crippen molar-refractivity contribution >= 4 is 43.6 Å². The Balaban J connectivity index is 1.33. The standard InChI is InChI=1S/C45H25N5/c46-26-29-20-21-44-39(23-29)36-14-3-7-18-42(36)50(44)43-19-8-4-15-37(43)45-32(28-48)22-30(27-47)24-38(45)31-10-9-11-33(25-31)49-40-16-5-1-12-34(40)35-13-2-6-17-41(35)49/h1-25H. The summed E-state index contributed by atoms with van der Waals surface area (Å²) in [7, 11) is 0. The third-order valence-electron chi connectivity index (χ3n) is 9.60. The first-order valence-corrected chi connectivity index (χ1v) is 16.3. The minimum absolute atomic E-state index is 0.418. The SMILES string of the molecule is N#Cc1cc(C#N)c(-c2ccccc2-n2c3ccccc3c3cc(C#N)ccc32)c(-c2cccc(-n3c4ccccc4c4ccccc43)c2)c1. The maximum Gasteiger partial charge on any atom is 0.0998 e. The first-order chi connectivity index (χ1) is 24.7. The lowest BCUT2D eigenvalue weighted by Gasteiger charge is -2.19. The van der Waals surface area contributed by atoms with Gasteiger partial charge in [-0.25, -0.2) is 0 Å². The zero-order valence-electron chi connectivity index (χ0n) is 26.7. The zero-order valence-corrected chi connectivity index (χ0v) is 26.7. The van der Waals surface area contributed by atoms with Crippen LogP contribution in [0.15, 0.2) is 152 Å². The molecule has 5 nitrogen and oxygen atoms in total. The van der Waals surface area contributed by atoms with Crippen molar-refractivity contribution < 1.29 is 0 Å². The highest BCUT2D eigenvalue weighted by Gasteiger charge is 2.22. The van der Waals surface area contributed by atoms with Gasteiger partial charge in [0.15, 0.2) is 0 Å². The summed E-state index contributed by atoms with van der Waals surface area (Å²) in [4.78, 5) is 0. The van der Waals surface area contributed by atoms with Crippen LogP contribution in [0.2, 0.25) is 0 Å². The number of para-hydroxylation sites is 4. The van der Waals surface area contributed by atoms with Crippen molar-refractivity contribution in [2.24, 2.45) is 0 Å². The number of nitrogens with zero attached hydrogens (tertiary/aromatic N) is 5. The molecule has 0 saturated heterocycles. The second-order valence-corrected chi connectivity index (χ2v) is 12.3. The largest absolute Gasteiger partial charge is 0.309 e. The first-order valence-electron chi connectivity index (χ1n) is 16.3. The highest BCUT2D eigenvalue weighted by Crippen LogP contribution is 2.42. The summed E-state index contributed by atoms with van der Waals surface area (Å²) in [5.74, 6) is 0. The van der Waals surface area contributed by atoms with Crippen LogP contribution in [-0.2, 0) is 0 Å². The van der Waals surface area contributed by atoms with Crippen molar-refractivity contribution in [2.75, 3.05) is 0 Å². The van der Waals surface area contributed by atoms with E-state index in [9.17, 15) is 15.8 Å². The maximum atomic E-state index is 10.6. The van der Waals surface area contributed by atoms with Gasteiger partial charge < -0.3 is 9.13 Å². The van der Waals surface area contributed by atoms with Crippen LogP contribution in [0.25, 0.3) is 77.2 Å². The van der Waals surface area contributed by atoms with Crippen LogP contribution >= 0.6 is 0 Å². The quantitative estimate of drug-likeness (QED) is 0.193. The molecule has 0 unspecified atom stereocenters. The summed E-state index contributed by atoms with van der Waals surface area (Å²) in [5.41, 5.74) is 10.8. The van der Waals surface area contributed by atoms with E-state index in [0.717, 1.165) is 66.5 Å². The van der Waals surface area contributed by atoms with Crippen molar-refractivity contribution in [2.45, 2.75) is 0 Å². The van der Waals surface area contributed by atoms with Crippen LogP contribution in [0.5, 0.6) is 0 Å². The third-order valence-corrected chi connectivity index (χ3v) is 9.60. The molecule has 0 aliphatic rings. The molecule has 0 bridgehead atoms. The smallest absolute Gasteiger partial charge is 0.0998 e. The molecule has 230 valence electrons. The number of rotatable bonds is 4. The monoisotopic (exact) mass is 635 g/mol. The number of hydrogen-bond donors (Lipinski definition) is 0. The van der Waals surface area contributed by atoms with E-state index >= 15 is 0 Å². The summed E-state index contributed by atoms with van der Waals surface area (Å²) >= 11 is 0. The summed E-state index contributed by atoms with van der Waals surface area (Å²) < 4.78 is 4.48. The highest BCUT2D eigenvalue weighted by molar-refractivity contribution is 6.11. The van der Waals surface area contributed by atoms with E-state index < -0.39 is 0 Å². The second kappa shape index (κ2) is 11.4. The van der Waals surface area contributed by atoms with Crippen LogP contribution in [0.3, 0.4) is 0 Å². The van der Waals surface area contributed by atoms with Crippen molar-refractivity contribution in [3.05, 3.63) is 168 Å². The van der Waals surface area contributed by atoms with Gasteiger partial charge in [0.25, 0.3) is 0 Å². The molecule has 0 atom stereocenters. The van der Waals surface area contributed by atoms with E-state index in [2.05, 4.69) is 106 Å². The van der Waals surface area contributed by atoms with Gasteiger partial charge in [-0.1, -0.05) is 84.9 Å². The van der Waals surface area contributed by atoms with Gasteiger partial charge in [-0.3, -0.25) is 0 Å². The molecule has 0 spiro atoms. The van der Waals surface area contributed by atoms with Gasteiger partial charge in [-0.2, -0.15) is 15.8 Å². The molecule has 7 aromatic carbocycles. The average molecular weight is 636 g/mol. The molecule has 9 aromatic rings. The van der Waals surface area contributed by atoms with Gasteiger partial charge >= 0.3 is 0 Å². The molecule has 0 radical (unpaired) electrons. The normalized spacial score (nSPS) is 11.1. The number of benzene rings is 7. The van der Waals surface area contributed by atoms with Crippen LogP contribution in [0.1, 0.15) is 16.7 Å². The lowest BCUT2D eigenvalue weighted by molar-refractivity contribution is 1.18. The fourth-order valence-electron chi connectivity index (χ4n) is 7.51. The Hall–Kier alpha value is -7.39. The molecule has 0 fully saturated rings. The summed E-state index contributed by atoms with van der Waals surface area (Å²) in [5, 5.41) is 34.8. The van der Waals surface area contributed by atoms with Crippen molar-refractivity contribution in [3.8, 4) is 51.8 Å². The Morgan fingerprint density at radius 3 is 1.68 bits per heavy atom. The van der Waals surface area contributed by atoms with Crippen LogP contribution < -0.4 is 0 Å². The fourth-order valence-corrected chi connectivity index (χ4v) is 7.51. The summed E-state index contributed by atoms with van der Waals surface area (Å²) in [6, 6.07) is 57.8. The lowest BCUT2D eigenvalue weighted by atomic mass is 9.88. The number of aromatic nitrogens is 2. The third kappa shape index (κ3) is 4.31. The van der Waals surface area contributed by atoms with E-state index in [1.165, 1.54) is 10.8 Å². The molecule has 0 aliphatic carbocycles. The van der Waals surface area contributed by atoms with Gasteiger partial charge in [-0.15, -0.1) is 0 Å². The minimum atomic E-state index is 0.418. The van der Waals surface area contributed by atoms with Gasteiger partial charge in [0.1, 0.15) is 0 Å². The number of nitriles is 3. The molecule has 50 heavy (non-hydrogen) atoms. The lowest BCUT2D eigenvalue weighted by Crippen LogP contribution is -2.01. The molecule has 2 heterocycles. The van der Waals surface area contributed by atoms with E-state index in [4.69, 9.17) is 0 Å².